The number of nitrogens with two attached hydrogens (primary N) is 1. The molecular weight excluding hydrogens is 360 g/mol. The third-order valence-corrected chi connectivity index (χ3v) is 6.00. The fourth-order valence-electron chi connectivity index (χ4n) is 4.48. The average molecular weight is 387 g/mol. The first-order valence-electron chi connectivity index (χ1n) is 10.3. The van der Waals surface area contributed by atoms with Crippen LogP contribution in [0.3, 0.4) is 0 Å². The Hall–Kier alpha value is -2.99. The third kappa shape index (κ3) is 2.95. The van der Waals surface area contributed by atoms with Crippen LogP contribution in [0.2, 0.25) is 0 Å². The normalized spacial score (nSPS) is 16.5. The van der Waals surface area contributed by atoms with E-state index in [2.05, 4.69) is 60.1 Å². The fraction of sp³-hybridized carbons (Fsp3) is 0.348. The molecule has 1 aliphatic rings. The molecule has 0 fully saturated rings. The summed E-state index contributed by atoms with van der Waals surface area (Å²) in [4.78, 5) is 12.8. The molecule has 5 rings (SSSR count). The van der Waals surface area contributed by atoms with E-state index in [0.29, 0.717) is 6.04 Å². The lowest BCUT2D eigenvalue weighted by molar-refractivity contribution is 0.519. The van der Waals surface area contributed by atoms with Gasteiger partial charge in [-0.05, 0) is 62.8 Å². The van der Waals surface area contributed by atoms with Crippen molar-refractivity contribution >= 4 is 11.2 Å². The molecule has 148 valence electrons. The number of fused-ring (bicyclic) bond motifs is 2. The Morgan fingerprint density at radius 2 is 2.07 bits per heavy atom. The van der Waals surface area contributed by atoms with Crippen LogP contribution in [0.1, 0.15) is 55.6 Å². The van der Waals surface area contributed by atoms with Crippen molar-refractivity contribution in [3.63, 3.8) is 0 Å². The van der Waals surface area contributed by atoms with Crippen molar-refractivity contribution in [2.24, 2.45) is 5.73 Å². The molecule has 0 radical (unpaired) electrons. The number of pyridine rings is 1. The second kappa shape index (κ2) is 6.81. The van der Waals surface area contributed by atoms with Crippen LogP contribution in [0.15, 0.2) is 36.7 Å². The second-order valence-corrected chi connectivity index (χ2v) is 8.24. The number of nitrogens with zero attached hydrogens (tertiary/aromatic N) is 4. The third-order valence-electron chi connectivity index (χ3n) is 6.00. The second-order valence-electron chi connectivity index (χ2n) is 8.24. The van der Waals surface area contributed by atoms with E-state index in [1.807, 2.05) is 17.1 Å². The largest absolute Gasteiger partial charge is 0.336 e. The van der Waals surface area contributed by atoms with Crippen molar-refractivity contribution in [3.05, 3.63) is 53.5 Å². The molecule has 0 unspecified atom stereocenters. The first-order valence-corrected chi connectivity index (χ1v) is 10.3. The van der Waals surface area contributed by atoms with Crippen LogP contribution in [0.4, 0.5) is 0 Å². The molecule has 0 saturated carbocycles. The zero-order valence-electron chi connectivity index (χ0n) is 17.1. The van der Waals surface area contributed by atoms with E-state index in [0.717, 1.165) is 53.1 Å². The minimum atomic E-state index is 0.157. The van der Waals surface area contributed by atoms with Crippen LogP contribution in [0, 0.1) is 6.92 Å². The molecule has 0 spiro atoms. The number of benzene rings is 1. The summed E-state index contributed by atoms with van der Waals surface area (Å²) in [7, 11) is 0. The molecule has 3 heterocycles. The van der Waals surface area contributed by atoms with Crippen molar-refractivity contribution in [2.45, 2.75) is 52.1 Å². The molecular formula is C23H26N6. The minimum absolute atomic E-state index is 0.157. The number of aromatic amines is 1. The molecule has 1 atom stereocenters. The Kier molecular flexibility index (Phi) is 4.24. The highest BCUT2D eigenvalue weighted by molar-refractivity contribution is 5.91. The van der Waals surface area contributed by atoms with E-state index in [1.54, 1.807) is 0 Å². The van der Waals surface area contributed by atoms with Gasteiger partial charge < -0.3 is 10.7 Å². The van der Waals surface area contributed by atoms with Gasteiger partial charge in [0.1, 0.15) is 5.82 Å². The molecule has 29 heavy (non-hydrogen) atoms. The molecule has 0 bridgehead atoms. The van der Waals surface area contributed by atoms with E-state index in [-0.39, 0.29) is 6.04 Å². The Morgan fingerprint density at radius 1 is 1.21 bits per heavy atom. The van der Waals surface area contributed by atoms with Gasteiger partial charge in [0.05, 0.1) is 17.3 Å². The van der Waals surface area contributed by atoms with Crippen LogP contribution >= 0.6 is 0 Å². The van der Waals surface area contributed by atoms with Crippen molar-refractivity contribution in [1.29, 1.82) is 0 Å². The molecule has 0 amide bonds. The number of H-pyrrole nitrogens is 1. The summed E-state index contributed by atoms with van der Waals surface area (Å²) < 4.78 is 2.02. The number of nitrogens with one attached hydrogen (secondary N) is 1. The number of imidazole rings is 1. The monoisotopic (exact) mass is 386 g/mol. The van der Waals surface area contributed by atoms with Crippen molar-refractivity contribution in [3.8, 4) is 22.5 Å². The highest BCUT2D eigenvalue weighted by Crippen LogP contribution is 2.34. The van der Waals surface area contributed by atoms with Gasteiger partial charge in [0.15, 0.2) is 5.65 Å². The Labute approximate surface area is 170 Å². The van der Waals surface area contributed by atoms with E-state index >= 15 is 0 Å². The van der Waals surface area contributed by atoms with Gasteiger partial charge in [0, 0.05) is 29.5 Å². The molecule has 6 heteroatoms. The van der Waals surface area contributed by atoms with Gasteiger partial charge in [-0.1, -0.05) is 18.2 Å². The van der Waals surface area contributed by atoms with Gasteiger partial charge in [-0.3, -0.25) is 4.68 Å². The summed E-state index contributed by atoms with van der Waals surface area (Å²) in [5.41, 5.74) is 15.0. The molecule has 0 saturated heterocycles. The first kappa shape index (κ1) is 18.1. The number of hydrogen-bond donors (Lipinski definition) is 2. The summed E-state index contributed by atoms with van der Waals surface area (Å²) >= 11 is 0. The van der Waals surface area contributed by atoms with E-state index in [9.17, 15) is 0 Å². The Bertz CT molecular complexity index is 1200. The van der Waals surface area contributed by atoms with Gasteiger partial charge in [-0.2, -0.15) is 5.10 Å². The lowest BCUT2D eigenvalue weighted by atomic mass is 9.86. The predicted molar refractivity (Wildman–Crippen MR) is 116 cm³/mol. The number of aryl methyl sites for hydroxylation is 1. The molecule has 1 aromatic carbocycles. The lowest BCUT2D eigenvalue weighted by Gasteiger charge is -2.22. The highest BCUT2D eigenvalue weighted by atomic mass is 15.3. The summed E-state index contributed by atoms with van der Waals surface area (Å²) in [6, 6.07) is 9.16. The standard InChI is InChI=1S/C23H26N6/c1-13(2)29-14(3)19(12-26-29)22-27-21-18(9-10-25-23(21)28-22)16-7-8-17-15(11-16)5-4-6-20(17)24/h7-13,20H,4-6,24H2,1-3H3,(H,25,27,28)/t20-/m0/s1. The smallest absolute Gasteiger partial charge is 0.178 e. The van der Waals surface area contributed by atoms with Crippen LogP contribution in [0.5, 0.6) is 0 Å². The zero-order valence-corrected chi connectivity index (χ0v) is 17.1. The van der Waals surface area contributed by atoms with Crippen molar-refractivity contribution in [1.82, 2.24) is 24.7 Å². The molecule has 6 nitrogen and oxygen atoms in total. The Balaban J connectivity index is 1.62. The SMILES string of the molecule is Cc1c(-c2nc3nccc(-c4ccc5c(c4)CCC[C@@H]5N)c3[nH]2)cnn1C(C)C. The van der Waals surface area contributed by atoms with E-state index in [1.165, 1.54) is 16.7 Å². The topological polar surface area (TPSA) is 85.4 Å². The molecule has 0 aliphatic heterocycles. The predicted octanol–water partition coefficient (Wildman–Crippen LogP) is 4.71. The Morgan fingerprint density at radius 3 is 2.86 bits per heavy atom. The summed E-state index contributed by atoms with van der Waals surface area (Å²) in [6.07, 6.45) is 7.02. The zero-order chi connectivity index (χ0) is 20.1. The van der Waals surface area contributed by atoms with Crippen molar-refractivity contribution < 1.29 is 0 Å². The van der Waals surface area contributed by atoms with Crippen LogP contribution < -0.4 is 5.73 Å². The molecule has 1 aliphatic carbocycles. The number of rotatable bonds is 3. The van der Waals surface area contributed by atoms with Gasteiger partial charge in [-0.25, -0.2) is 9.97 Å². The molecule has 3 aromatic heterocycles. The lowest BCUT2D eigenvalue weighted by Crippen LogP contribution is -2.17. The first-order chi connectivity index (χ1) is 14.0. The maximum atomic E-state index is 6.30. The van der Waals surface area contributed by atoms with Gasteiger partial charge in [0.2, 0.25) is 0 Å². The van der Waals surface area contributed by atoms with Crippen molar-refractivity contribution in [2.75, 3.05) is 0 Å². The average Bonchev–Trinajstić information content (AvgIpc) is 3.30. The van der Waals surface area contributed by atoms with Gasteiger partial charge in [-0.15, -0.1) is 0 Å². The minimum Gasteiger partial charge on any atom is -0.336 e. The highest BCUT2D eigenvalue weighted by Gasteiger charge is 2.19. The number of hydrogen-bond acceptors (Lipinski definition) is 4. The molecule has 4 aromatic rings. The van der Waals surface area contributed by atoms with Crippen LogP contribution in [-0.4, -0.2) is 24.7 Å². The summed E-state index contributed by atoms with van der Waals surface area (Å²) in [6.45, 7) is 6.34. The van der Waals surface area contributed by atoms with Gasteiger partial charge in [0.25, 0.3) is 0 Å². The molecule has 3 N–H and O–H groups in total. The van der Waals surface area contributed by atoms with E-state index in [4.69, 9.17) is 10.7 Å². The van der Waals surface area contributed by atoms with E-state index < -0.39 is 0 Å². The van der Waals surface area contributed by atoms with Gasteiger partial charge >= 0.3 is 0 Å². The quantitative estimate of drug-likeness (QED) is 0.534. The maximum absolute atomic E-state index is 6.30. The fourth-order valence-corrected chi connectivity index (χ4v) is 4.48. The number of aromatic nitrogens is 5. The van der Waals surface area contributed by atoms with Crippen LogP contribution in [0.25, 0.3) is 33.7 Å². The maximum Gasteiger partial charge on any atom is 0.178 e. The summed E-state index contributed by atoms with van der Waals surface area (Å²) in [5.74, 6) is 0.810. The van der Waals surface area contributed by atoms with Crippen LogP contribution in [-0.2, 0) is 6.42 Å². The summed E-state index contributed by atoms with van der Waals surface area (Å²) in [5, 5.41) is 4.52.